The largest absolute Gasteiger partial charge is 1.00 e. The first kappa shape index (κ1) is 15.0. The zero-order chi connectivity index (χ0) is 10.9. The molecular formula is C6H3BF4KNO2. The molecule has 9 heteroatoms. The van der Waals surface area contributed by atoms with Crippen molar-refractivity contribution >= 4 is 18.1 Å². The SMILES string of the molecule is O=[N+]([O-])c1ccc(F)c([B-](F)(F)F)c1.[K+]. The van der Waals surface area contributed by atoms with Crippen molar-refractivity contribution in [3.8, 4) is 0 Å². The molecule has 76 valence electrons. The maximum absolute atomic E-state index is 12.6. The Balaban J connectivity index is 0.00000196. The van der Waals surface area contributed by atoms with Gasteiger partial charge >= 0.3 is 58.4 Å². The average molecular weight is 247 g/mol. The molecule has 0 aliphatic rings. The molecule has 1 aromatic carbocycles. The fraction of sp³-hybridized carbons (Fsp3) is 0. The Hall–Kier alpha value is 0.0413. The van der Waals surface area contributed by atoms with Gasteiger partial charge in [-0.2, -0.15) is 0 Å². The number of nitro benzene ring substituents is 1. The summed E-state index contributed by atoms with van der Waals surface area (Å²) < 4.78 is 48.9. The number of benzene rings is 1. The smallest absolute Gasteiger partial charge is 0.445 e. The first-order chi connectivity index (χ1) is 6.32. The zero-order valence-electron chi connectivity index (χ0n) is 7.58. The van der Waals surface area contributed by atoms with Gasteiger partial charge < -0.3 is 12.9 Å². The molecule has 15 heavy (non-hydrogen) atoms. The summed E-state index contributed by atoms with van der Waals surface area (Å²) in [6.45, 7) is -5.56. The quantitative estimate of drug-likeness (QED) is 0.285. The first-order valence-electron chi connectivity index (χ1n) is 3.46. The molecule has 1 aromatic rings. The molecule has 0 spiro atoms. The summed E-state index contributed by atoms with van der Waals surface area (Å²) in [5.41, 5.74) is -2.35. The fourth-order valence-electron chi connectivity index (χ4n) is 0.896. The Bertz CT molecular complexity index is 384. The van der Waals surface area contributed by atoms with Crippen molar-refractivity contribution in [2.75, 3.05) is 0 Å². The molecule has 3 nitrogen and oxygen atoms in total. The summed E-state index contributed by atoms with van der Waals surface area (Å²) in [5, 5.41) is 10.1. The summed E-state index contributed by atoms with van der Waals surface area (Å²) in [4.78, 5) is 9.10. The van der Waals surface area contributed by atoms with Crippen LogP contribution in [0.25, 0.3) is 0 Å². The van der Waals surface area contributed by atoms with E-state index in [4.69, 9.17) is 0 Å². The molecule has 0 bridgehead atoms. The summed E-state index contributed by atoms with van der Waals surface area (Å²) in [5.74, 6) is -1.50. The van der Waals surface area contributed by atoms with E-state index in [2.05, 4.69) is 0 Å². The van der Waals surface area contributed by atoms with Gasteiger partial charge in [-0.1, -0.05) is 5.46 Å². The van der Waals surface area contributed by atoms with E-state index in [1.165, 1.54) is 0 Å². The molecular weight excluding hydrogens is 244 g/mol. The van der Waals surface area contributed by atoms with Crippen LogP contribution in [-0.2, 0) is 0 Å². The van der Waals surface area contributed by atoms with E-state index < -0.39 is 28.9 Å². The van der Waals surface area contributed by atoms with Crippen LogP contribution in [0.3, 0.4) is 0 Å². The molecule has 0 saturated heterocycles. The van der Waals surface area contributed by atoms with Crippen LogP contribution in [0.5, 0.6) is 0 Å². The standard InChI is InChI=1S/C6H3BF4NO2.K/c8-6-2-1-4(12(13)14)3-5(6)7(9,10)11;/h1-3H;/q-1;+1. The van der Waals surface area contributed by atoms with Crippen LogP contribution < -0.4 is 56.8 Å². The van der Waals surface area contributed by atoms with Crippen molar-refractivity contribution < 1.29 is 73.6 Å². The summed E-state index contributed by atoms with van der Waals surface area (Å²) >= 11 is 0. The van der Waals surface area contributed by atoms with Crippen LogP contribution in [0.15, 0.2) is 18.2 Å². The van der Waals surface area contributed by atoms with Crippen molar-refractivity contribution in [3.63, 3.8) is 0 Å². The van der Waals surface area contributed by atoms with Gasteiger partial charge in [-0.25, -0.2) is 4.39 Å². The van der Waals surface area contributed by atoms with Crippen LogP contribution in [0, 0.1) is 15.9 Å². The molecule has 0 aromatic heterocycles. The maximum atomic E-state index is 12.6. The van der Waals surface area contributed by atoms with Crippen LogP contribution in [0.2, 0.25) is 0 Å². The van der Waals surface area contributed by atoms with Gasteiger partial charge in [0.15, 0.2) is 0 Å². The molecule has 0 fully saturated rings. The van der Waals surface area contributed by atoms with Crippen molar-refractivity contribution in [3.05, 3.63) is 34.1 Å². The van der Waals surface area contributed by atoms with Gasteiger partial charge in [0.25, 0.3) is 5.69 Å². The van der Waals surface area contributed by atoms with Gasteiger partial charge in [-0.05, 0) is 12.1 Å². The molecule has 0 atom stereocenters. The number of non-ortho nitro benzene ring substituents is 1. The summed E-state index contributed by atoms with van der Waals surface area (Å²) in [7, 11) is 0. The van der Waals surface area contributed by atoms with Gasteiger partial charge in [0.05, 0.1) is 10.7 Å². The van der Waals surface area contributed by atoms with Gasteiger partial charge in [0.2, 0.25) is 0 Å². The second-order valence-electron chi connectivity index (χ2n) is 2.54. The maximum Gasteiger partial charge on any atom is 1.00 e. The van der Waals surface area contributed by atoms with E-state index in [1.807, 2.05) is 0 Å². The Morgan fingerprint density at radius 1 is 1.27 bits per heavy atom. The Labute approximate surface area is 124 Å². The number of rotatable bonds is 2. The minimum absolute atomic E-state index is 0. The summed E-state index contributed by atoms with van der Waals surface area (Å²) in [6.07, 6.45) is 0. The Morgan fingerprint density at radius 3 is 2.20 bits per heavy atom. The van der Waals surface area contributed by atoms with Crippen LogP contribution in [-0.4, -0.2) is 11.9 Å². The number of hydrogen-bond donors (Lipinski definition) is 0. The van der Waals surface area contributed by atoms with E-state index >= 15 is 0 Å². The van der Waals surface area contributed by atoms with E-state index in [-0.39, 0.29) is 57.5 Å². The number of nitrogens with zero attached hydrogens (tertiary/aromatic N) is 1. The summed E-state index contributed by atoms with van der Waals surface area (Å²) in [6, 6.07) is 1.30. The third kappa shape index (κ3) is 3.83. The van der Waals surface area contributed by atoms with E-state index in [9.17, 15) is 27.5 Å². The van der Waals surface area contributed by atoms with Gasteiger partial charge in [-0.3, -0.25) is 10.1 Å². The van der Waals surface area contributed by atoms with Crippen LogP contribution >= 0.6 is 0 Å². The Morgan fingerprint density at radius 2 is 1.80 bits per heavy atom. The van der Waals surface area contributed by atoms with E-state index in [1.54, 1.807) is 0 Å². The van der Waals surface area contributed by atoms with E-state index in [0.717, 1.165) is 0 Å². The minimum atomic E-state index is -5.56. The first-order valence-corrected chi connectivity index (χ1v) is 3.46. The normalized spacial score (nSPS) is 10.7. The van der Waals surface area contributed by atoms with Crippen molar-refractivity contribution in [1.82, 2.24) is 0 Å². The third-order valence-corrected chi connectivity index (χ3v) is 1.54. The zero-order valence-corrected chi connectivity index (χ0v) is 10.7. The second-order valence-corrected chi connectivity index (χ2v) is 2.54. The number of hydrogen-bond acceptors (Lipinski definition) is 2. The Kier molecular flexibility index (Phi) is 5.41. The molecule has 0 amide bonds. The van der Waals surface area contributed by atoms with Crippen LogP contribution in [0.1, 0.15) is 0 Å². The molecule has 0 aliphatic heterocycles. The third-order valence-electron chi connectivity index (χ3n) is 1.54. The van der Waals surface area contributed by atoms with Crippen LogP contribution in [0.4, 0.5) is 23.0 Å². The molecule has 0 heterocycles. The van der Waals surface area contributed by atoms with Crippen molar-refractivity contribution in [1.29, 1.82) is 0 Å². The van der Waals surface area contributed by atoms with E-state index in [0.29, 0.717) is 12.1 Å². The fourth-order valence-corrected chi connectivity index (χ4v) is 0.896. The molecule has 0 N–H and O–H groups in total. The minimum Gasteiger partial charge on any atom is -0.445 e. The topological polar surface area (TPSA) is 43.1 Å². The molecule has 0 radical (unpaired) electrons. The molecule has 1 rings (SSSR count). The molecule has 0 saturated carbocycles. The number of halogens is 4. The van der Waals surface area contributed by atoms with Crippen molar-refractivity contribution in [2.45, 2.75) is 0 Å². The monoisotopic (exact) mass is 247 g/mol. The van der Waals surface area contributed by atoms with Crippen molar-refractivity contribution in [2.24, 2.45) is 0 Å². The second kappa shape index (κ2) is 5.39. The average Bonchev–Trinajstić information content (AvgIpc) is 2.02. The molecule has 0 unspecified atom stereocenters. The van der Waals surface area contributed by atoms with Gasteiger partial charge in [0.1, 0.15) is 0 Å². The predicted molar refractivity (Wildman–Crippen MR) is 41.8 cm³/mol. The van der Waals surface area contributed by atoms with Gasteiger partial charge in [0, 0.05) is 6.07 Å². The van der Waals surface area contributed by atoms with Gasteiger partial charge in [-0.15, -0.1) is 0 Å². The number of nitro groups is 1. The predicted octanol–water partition coefficient (Wildman–Crippen LogP) is -1.21. The molecule has 0 aliphatic carbocycles.